The Labute approximate surface area is 68.0 Å². The topological polar surface area (TPSA) is 79.4 Å². The number of carbonyl (C=O) groups excluding carboxylic acids is 1. The summed E-state index contributed by atoms with van der Waals surface area (Å²) < 4.78 is 4.38. The average Bonchev–Trinajstić information content (AvgIpc) is 2.51. The fraction of sp³-hybridized carbons (Fsp3) is 0.143. The highest BCUT2D eigenvalue weighted by Gasteiger charge is 2.11. The molecule has 0 aliphatic rings. The second kappa shape index (κ2) is 3.08. The highest BCUT2D eigenvalue weighted by atomic mass is 16.5. The monoisotopic (exact) mass is 169 g/mol. The first-order valence-corrected chi connectivity index (χ1v) is 3.15. The molecule has 0 aromatic carbocycles. The molecule has 0 saturated carbocycles. The van der Waals surface area contributed by atoms with Gasteiger partial charge in [-0.25, -0.2) is 9.59 Å². The number of hydrogen-bond acceptors (Lipinski definition) is 3. The van der Waals surface area contributed by atoms with Gasteiger partial charge in [0, 0.05) is 6.20 Å². The normalized spacial score (nSPS) is 9.42. The minimum Gasteiger partial charge on any atom is -0.477 e. The van der Waals surface area contributed by atoms with E-state index in [1.54, 1.807) is 0 Å². The molecule has 1 aromatic heterocycles. The average molecular weight is 169 g/mol. The van der Waals surface area contributed by atoms with E-state index in [2.05, 4.69) is 9.72 Å². The SMILES string of the molecule is COC(=O)c1c[nH]c(C(=O)O)c1. The van der Waals surface area contributed by atoms with Crippen molar-refractivity contribution in [2.45, 2.75) is 0 Å². The molecule has 2 N–H and O–H groups in total. The van der Waals surface area contributed by atoms with E-state index in [1.807, 2.05) is 0 Å². The maximum Gasteiger partial charge on any atom is 0.352 e. The van der Waals surface area contributed by atoms with Crippen molar-refractivity contribution in [3.8, 4) is 0 Å². The third-order valence-electron chi connectivity index (χ3n) is 1.33. The lowest BCUT2D eigenvalue weighted by molar-refractivity contribution is 0.0601. The molecule has 0 radical (unpaired) electrons. The van der Waals surface area contributed by atoms with Crippen LogP contribution in [0.3, 0.4) is 0 Å². The number of carboxylic acids is 1. The minimum absolute atomic E-state index is 0.0320. The maximum atomic E-state index is 10.8. The van der Waals surface area contributed by atoms with Crippen molar-refractivity contribution in [3.63, 3.8) is 0 Å². The van der Waals surface area contributed by atoms with E-state index < -0.39 is 11.9 Å². The Balaban J connectivity index is 2.91. The summed E-state index contributed by atoms with van der Waals surface area (Å²) in [6, 6.07) is 1.22. The highest BCUT2D eigenvalue weighted by Crippen LogP contribution is 2.04. The molecule has 0 fully saturated rings. The van der Waals surface area contributed by atoms with Crippen LogP contribution in [-0.4, -0.2) is 29.1 Å². The van der Waals surface area contributed by atoms with Gasteiger partial charge in [-0.2, -0.15) is 0 Å². The number of carboxylic acid groups (broad SMARTS) is 1. The molecule has 12 heavy (non-hydrogen) atoms. The molecule has 0 spiro atoms. The van der Waals surface area contributed by atoms with Crippen LogP contribution in [-0.2, 0) is 4.74 Å². The molecule has 64 valence electrons. The number of methoxy groups -OCH3 is 1. The number of rotatable bonds is 2. The Kier molecular flexibility index (Phi) is 2.14. The van der Waals surface area contributed by atoms with E-state index in [1.165, 1.54) is 19.4 Å². The fourth-order valence-corrected chi connectivity index (χ4v) is 0.754. The predicted octanol–water partition coefficient (Wildman–Crippen LogP) is 0.499. The van der Waals surface area contributed by atoms with Gasteiger partial charge >= 0.3 is 11.9 Å². The molecular weight excluding hydrogens is 162 g/mol. The van der Waals surface area contributed by atoms with Crippen molar-refractivity contribution >= 4 is 11.9 Å². The van der Waals surface area contributed by atoms with E-state index in [0.717, 1.165) is 0 Å². The Bertz CT molecular complexity index is 315. The molecule has 1 rings (SSSR count). The third kappa shape index (κ3) is 1.45. The van der Waals surface area contributed by atoms with Gasteiger partial charge in [0.15, 0.2) is 0 Å². The van der Waals surface area contributed by atoms with Gasteiger partial charge in [0.2, 0.25) is 0 Å². The first-order chi connectivity index (χ1) is 5.65. The van der Waals surface area contributed by atoms with Gasteiger partial charge in [0.25, 0.3) is 0 Å². The second-order valence-electron chi connectivity index (χ2n) is 2.10. The molecular formula is C7H7NO4. The molecule has 0 atom stereocenters. The lowest BCUT2D eigenvalue weighted by Crippen LogP contribution is -1.99. The zero-order chi connectivity index (χ0) is 9.14. The van der Waals surface area contributed by atoms with E-state index >= 15 is 0 Å². The summed E-state index contributed by atoms with van der Waals surface area (Å²) in [5, 5.41) is 8.47. The number of H-pyrrole nitrogens is 1. The van der Waals surface area contributed by atoms with Gasteiger partial charge < -0.3 is 14.8 Å². The van der Waals surface area contributed by atoms with Gasteiger partial charge in [0.05, 0.1) is 12.7 Å². The lowest BCUT2D eigenvalue weighted by atomic mass is 10.3. The van der Waals surface area contributed by atoms with Crippen molar-refractivity contribution in [1.82, 2.24) is 4.98 Å². The van der Waals surface area contributed by atoms with E-state index in [4.69, 9.17) is 5.11 Å². The molecule has 0 amide bonds. The van der Waals surface area contributed by atoms with Gasteiger partial charge in [0.1, 0.15) is 5.69 Å². The van der Waals surface area contributed by atoms with Gasteiger partial charge in [-0.15, -0.1) is 0 Å². The number of aromatic amines is 1. The first kappa shape index (κ1) is 8.32. The first-order valence-electron chi connectivity index (χ1n) is 3.15. The number of aromatic carboxylic acids is 1. The summed E-state index contributed by atoms with van der Waals surface area (Å²) >= 11 is 0. The summed E-state index contributed by atoms with van der Waals surface area (Å²) in [4.78, 5) is 23.6. The number of carbonyl (C=O) groups is 2. The lowest BCUT2D eigenvalue weighted by Gasteiger charge is -1.90. The fourth-order valence-electron chi connectivity index (χ4n) is 0.754. The van der Waals surface area contributed by atoms with E-state index in [-0.39, 0.29) is 11.3 Å². The summed E-state index contributed by atoms with van der Waals surface area (Å²) in [6.45, 7) is 0. The summed E-state index contributed by atoms with van der Waals surface area (Å²) in [6.07, 6.45) is 1.29. The molecule has 0 aliphatic carbocycles. The molecule has 0 saturated heterocycles. The van der Waals surface area contributed by atoms with Crippen molar-refractivity contribution < 1.29 is 19.4 Å². The maximum absolute atomic E-state index is 10.8. The van der Waals surface area contributed by atoms with Crippen molar-refractivity contribution in [2.75, 3.05) is 7.11 Å². The van der Waals surface area contributed by atoms with Gasteiger partial charge in [-0.1, -0.05) is 0 Å². The van der Waals surface area contributed by atoms with Crippen LogP contribution in [0.2, 0.25) is 0 Å². The smallest absolute Gasteiger partial charge is 0.352 e. The van der Waals surface area contributed by atoms with Crippen molar-refractivity contribution in [1.29, 1.82) is 0 Å². The summed E-state index contributed by atoms with van der Waals surface area (Å²) in [5.41, 5.74) is 0.172. The van der Waals surface area contributed by atoms with Crippen LogP contribution in [0.5, 0.6) is 0 Å². The number of hydrogen-bond donors (Lipinski definition) is 2. The largest absolute Gasteiger partial charge is 0.477 e. The number of nitrogens with one attached hydrogen (secondary N) is 1. The van der Waals surface area contributed by atoms with Crippen LogP contribution in [0, 0.1) is 0 Å². The van der Waals surface area contributed by atoms with E-state index in [0.29, 0.717) is 0 Å². The predicted molar refractivity (Wildman–Crippen MR) is 39.1 cm³/mol. The zero-order valence-corrected chi connectivity index (χ0v) is 6.33. The standard InChI is InChI=1S/C7H7NO4/c1-12-7(11)4-2-5(6(9)10)8-3-4/h2-3,8H,1H3,(H,9,10). The Morgan fingerprint density at radius 1 is 1.58 bits per heavy atom. The van der Waals surface area contributed by atoms with Crippen LogP contribution in [0.4, 0.5) is 0 Å². The van der Waals surface area contributed by atoms with Crippen molar-refractivity contribution in [2.24, 2.45) is 0 Å². The van der Waals surface area contributed by atoms with Crippen LogP contribution in [0.1, 0.15) is 20.8 Å². The van der Waals surface area contributed by atoms with Crippen LogP contribution in [0.15, 0.2) is 12.3 Å². The van der Waals surface area contributed by atoms with Crippen LogP contribution < -0.4 is 0 Å². The quantitative estimate of drug-likeness (QED) is 0.632. The molecule has 0 bridgehead atoms. The number of ether oxygens (including phenoxy) is 1. The van der Waals surface area contributed by atoms with Gasteiger partial charge in [-0.05, 0) is 6.07 Å². The van der Waals surface area contributed by atoms with Crippen LogP contribution in [0.25, 0.3) is 0 Å². The van der Waals surface area contributed by atoms with Crippen LogP contribution >= 0.6 is 0 Å². The minimum atomic E-state index is -1.11. The summed E-state index contributed by atoms with van der Waals surface area (Å²) in [5.74, 6) is -1.66. The molecule has 0 unspecified atom stereocenters. The number of esters is 1. The molecule has 1 aromatic rings. The third-order valence-corrected chi connectivity index (χ3v) is 1.33. The Morgan fingerprint density at radius 3 is 2.67 bits per heavy atom. The second-order valence-corrected chi connectivity index (χ2v) is 2.10. The Morgan fingerprint density at radius 2 is 2.25 bits per heavy atom. The summed E-state index contributed by atoms with van der Waals surface area (Å²) in [7, 11) is 1.23. The van der Waals surface area contributed by atoms with Gasteiger partial charge in [-0.3, -0.25) is 0 Å². The molecule has 1 heterocycles. The van der Waals surface area contributed by atoms with E-state index in [9.17, 15) is 9.59 Å². The zero-order valence-electron chi connectivity index (χ0n) is 6.33. The Hall–Kier alpha value is -1.78. The highest BCUT2D eigenvalue weighted by molar-refractivity contribution is 5.93. The van der Waals surface area contributed by atoms with Crippen molar-refractivity contribution in [3.05, 3.63) is 23.5 Å². The molecule has 0 aliphatic heterocycles. The molecule has 5 heteroatoms. The number of aromatic nitrogens is 1. The molecule has 5 nitrogen and oxygen atoms in total.